The Labute approximate surface area is 173 Å². The van der Waals surface area contributed by atoms with Crippen LogP contribution in [0.5, 0.6) is 0 Å². The molecule has 154 valence electrons. The smallest absolute Gasteiger partial charge is 0.248 e. The minimum Gasteiger partial charge on any atom is -0.360 e. The Kier molecular flexibility index (Phi) is 5.13. The summed E-state index contributed by atoms with van der Waals surface area (Å²) in [4.78, 5) is 17.4. The van der Waals surface area contributed by atoms with Crippen molar-refractivity contribution in [1.29, 1.82) is 0 Å². The monoisotopic (exact) mass is 424 g/mol. The molecule has 3 aromatic heterocycles. The standard InChI is InChI=1S/C21H20N4O4S/c1-14-7-6-10-25-12-17(22-20(14)25)13-30(27,28)19(16-8-4-3-5-9-16)21(26)23-18-11-15(2)29-24-18/h3-12,19H,13H2,1-2H3,(H,23,24,26). The van der Waals surface area contributed by atoms with Gasteiger partial charge in [0.25, 0.3) is 0 Å². The van der Waals surface area contributed by atoms with Gasteiger partial charge >= 0.3 is 0 Å². The summed E-state index contributed by atoms with van der Waals surface area (Å²) >= 11 is 0. The first kappa shape index (κ1) is 19.8. The molecule has 0 bridgehead atoms. The number of benzene rings is 1. The third-order valence-electron chi connectivity index (χ3n) is 4.66. The molecule has 4 aromatic rings. The Morgan fingerprint density at radius 1 is 1.17 bits per heavy atom. The molecule has 0 saturated heterocycles. The Morgan fingerprint density at radius 2 is 1.93 bits per heavy atom. The van der Waals surface area contributed by atoms with Crippen molar-refractivity contribution < 1.29 is 17.7 Å². The van der Waals surface area contributed by atoms with Crippen LogP contribution in [0, 0.1) is 13.8 Å². The Balaban J connectivity index is 1.69. The molecule has 1 unspecified atom stereocenters. The van der Waals surface area contributed by atoms with Crippen LogP contribution in [0.3, 0.4) is 0 Å². The van der Waals surface area contributed by atoms with Crippen LogP contribution in [-0.4, -0.2) is 28.9 Å². The fourth-order valence-electron chi connectivity index (χ4n) is 3.33. The number of hydrogen-bond acceptors (Lipinski definition) is 6. The van der Waals surface area contributed by atoms with Crippen molar-refractivity contribution in [3.63, 3.8) is 0 Å². The van der Waals surface area contributed by atoms with Crippen molar-refractivity contribution in [2.75, 3.05) is 5.32 Å². The van der Waals surface area contributed by atoms with Gasteiger partial charge in [-0.05, 0) is 31.0 Å². The van der Waals surface area contributed by atoms with Gasteiger partial charge in [0.1, 0.15) is 11.4 Å². The molecule has 0 saturated carbocycles. The predicted octanol–water partition coefficient (Wildman–Crippen LogP) is 3.23. The highest BCUT2D eigenvalue weighted by atomic mass is 32.2. The van der Waals surface area contributed by atoms with Crippen molar-refractivity contribution >= 4 is 27.2 Å². The van der Waals surface area contributed by atoms with Gasteiger partial charge in [-0.25, -0.2) is 13.4 Å². The van der Waals surface area contributed by atoms with Crippen molar-refractivity contribution in [1.82, 2.24) is 14.5 Å². The van der Waals surface area contributed by atoms with Gasteiger partial charge in [0.15, 0.2) is 20.9 Å². The van der Waals surface area contributed by atoms with E-state index in [1.807, 2.05) is 19.1 Å². The minimum atomic E-state index is -3.95. The van der Waals surface area contributed by atoms with Gasteiger partial charge < -0.3 is 14.2 Å². The number of fused-ring (bicyclic) bond motifs is 1. The van der Waals surface area contributed by atoms with Crippen LogP contribution in [0.4, 0.5) is 5.82 Å². The summed E-state index contributed by atoms with van der Waals surface area (Å²) in [5, 5.41) is 4.84. The molecule has 8 nitrogen and oxygen atoms in total. The van der Waals surface area contributed by atoms with Gasteiger partial charge in [-0.1, -0.05) is 41.6 Å². The highest BCUT2D eigenvalue weighted by Crippen LogP contribution is 2.28. The second-order valence-electron chi connectivity index (χ2n) is 7.06. The molecule has 0 fully saturated rings. The molecule has 0 aliphatic carbocycles. The molecule has 1 aromatic carbocycles. The summed E-state index contributed by atoms with van der Waals surface area (Å²) in [6.07, 6.45) is 3.47. The Morgan fingerprint density at radius 3 is 2.60 bits per heavy atom. The first-order chi connectivity index (χ1) is 14.3. The van der Waals surface area contributed by atoms with Crippen LogP contribution in [-0.2, 0) is 20.4 Å². The molecule has 0 spiro atoms. The van der Waals surface area contributed by atoms with E-state index in [4.69, 9.17) is 4.52 Å². The summed E-state index contributed by atoms with van der Waals surface area (Å²) < 4.78 is 33.4. The Hall–Kier alpha value is -3.46. The van der Waals surface area contributed by atoms with Crippen LogP contribution in [0.25, 0.3) is 5.65 Å². The van der Waals surface area contributed by atoms with E-state index in [1.54, 1.807) is 54.0 Å². The molecule has 0 aliphatic rings. The molecule has 30 heavy (non-hydrogen) atoms. The lowest BCUT2D eigenvalue weighted by molar-refractivity contribution is -0.116. The molecular weight excluding hydrogens is 404 g/mol. The number of sulfone groups is 1. The highest BCUT2D eigenvalue weighted by Gasteiger charge is 2.35. The molecular formula is C21H20N4O4S. The lowest BCUT2D eigenvalue weighted by atomic mass is 10.1. The van der Waals surface area contributed by atoms with Gasteiger partial charge in [-0.15, -0.1) is 0 Å². The average molecular weight is 424 g/mol. The summed E-state index contributed by atoms with van der Waals surface area (Å²) in [5.41, 5.74) is 2.35. The second kappa shape index (κ2) is 7.75. The fourth-order valence-corrected chi connectivity index (χ4v) is 5.01. The van der Waals surface area contributed by atoms with E-state index in [1.165, 1.54) is 6.07 Å². The highest BCUT2D eigenvalue weighted by molar-refractivity contribution is 7.91. The number of nitrogens with one attached hydrogen (secondary N) is 1. The van der Waals surface area contributed by atoms with Crippen LogP contribution < -0.4 is 5.32 Å². The number of aromatic nitrogens is 3. The van der Waals surface area contributed by atoms with E-state index in [0.717, 1.165) is 5.56 Å². The van der Waals surface area contributed by atoms with Crippen LogP contribution in [0.15, 0.2) is 65.4 Å². The maximum Gasteiger partial charge on any atom is 0.248 e. The van der Waals surface area contributed by atoms with E-state index in [9.17, 15) is 13.2 Å². The number of hydrogen-bond donors (Lipinski definition) is 1. The van der Waals surface area contributed by atoms with Crippen molar-refractivity contribution in [2.45, 2.75) is 24.9 Å². The zero-order valence-corrected chi connectivity index (χ0v) is 17.3. The Bertz CT molecular complexity index is 1310. The van der Waals surface area contributed by atoms with Gasteiger partial charge in [-0.2, -0.15) is 0 Å². The number of carbonyl (C=O) groups is 1. The predicted molar refractivity (Wildman–Crippen MR) is 112 cm³/mol. The molecule has 1 amide bonds. The summed E-state index contributed by atoms with van der Waals surface area (Å²) in [6.45, 7) is 3.58. The third kappa shape index (κ3) is 3.97. The number of imidazole rings is 1. The van der Waals surface area contributed by atoms with Gasteiger partial charge in [0.2, 0.25) is 5.91 Å². The summed E-state index contributed by atoms with van der Waals surface area (Å²) in [5.74, 6) is -0.408. The van der Waals surface area contributed by atoms with Crippen molar-refractivity contribution in [3.8, 4) is 0 Å². The first-order valence-corrected chi connectivity index (χ1v) is 11.0. The number of aryl methyl sites for hydroxylation is 2. The number of rotatable bonds is 6. The molecule has 1 N–H and O–H groups in total. The van der Waals surface area contributed by atoms with Crippen molar-refractivity contribution in [3.05, 3.63) is 83.5 Å². The average Bonchev–Trinajstić information content (AvgIpc) is 3.28. The van der Waals surface area contributed by atoms with Gasteiger partial charge in [-0.3, -0.25) is 4.79 Å². The second-order valence-corrected chi connectivity index (χ2v) is 9.15. The minimum absolute atomic E-state index is 0.164. The molecule has 1 atom stereocenters. The van der Waals surface area contributed by atoms with Crippen LogP contribution in [0.1, 0.15) is 27.8 Å². The lowest BCUT2D eigenvalue weighted by Crippen LogP contribution is -2.29. The van der Waals surface area contributed by atoms with E-state index >= 15 is 0 Å². The topological polar surface area (TPSA) is 107 Å². The number of pyridine rings is 1. The quantitative estimate of drug-likeness (QED) is 0.509. The van der Waals surface area contributed by atoms with Crippen molar-refractivity contribution in [2.24, 2.45) is 0 Å². The number of amides is 1. The zero-order valence-electron chi connectivity index (χ0n) is 16.4. The first-order valence-electron chi connectivity index (χ1n) is 9.27. The normalized spacial score (nSPS) is 12.7. The molecule has 4 rings (SSSR count). The largest absolute Gasteiger partial charge is 0.360 e. The molecule has 0 aliphatic heterocycles. The van der Waals surface area contributed by atoms with E-state index < -0.39 is 21.0 Å². The number of anilines is 1. The number of carbonyl (C=O) groups excluding carboxylic acids is 1. The van der Waals surface area contributed by atoms with Crippen LogP contribution >= 0.6 is 0 Å². The molecule has 3 heterocycles. The van der Waals surface area contributed by atoms with Gasteiger partial charge in [0, 0.05) is 18.5 Å². The van der Waals surface area contributed by atoms with E-state index in [0.29, 0.717) is 22.7 Å². The SMILES string of the molecule is Cc1cc(NC(=O)C(c2ccccc2)S(=O)(=O)Cc2cn3cccc(C)c3n2)no1. The zero-order chi connectivity index (χ0) is 21.3. The fraction of sp³-hybridized carbons (Fsp3) is 0.190. The molecule has 9 heteroatoms. The molecule has 0 radical (unpaired) electrons. The maximum atomic E-state index is 13.3. The summed E-state index contributed by atoms with van der Waals surface area (Å²) in [6, 6.07) is 13.7. The maximum absolute atomic E-state index is 13.3. The number of nitrogens with zero attached hydrogens (tertiary/aromatic N) is 3. The third-order valence-corrected chi connectivity index (χ3v) is 6.56. The van der Waals surface area contributed by atoms with Gasteiger partial charge in [0.05, 0.1) is 11.4 Å². The lowest BCUT2D eigenvalue weighted by Gasteiger charge is -2.16. The van der Waals surface area contributed by atoms with E-state index in [2.05, 4.69) is 15.5 Å². The van der Waals surface area contributed by atoms with E-state index in [-0.39, 0.29) is 11.6 Å². The van der Waals surface area contributed by atoms with Crippen LogP contribution in [0.2, 0.25) is 0 Å². The summed E-state index contributed by atoms with van der Waals surface area (Å²) in [7, 11) is -3.95.